The molecule has 0 radical (unpaired) electrons. The minimum Gasteiger partial charge on any atom is -0.389 e. The average molecular weight is 298 g/mol. The van der Waals surface area contributed by atoms with E-state index >= 15 is 0 Å². The molecule has 0 aromatic heterocycles. The summed E-state index contributed by atoms with van der Waals surface area (Å²) in [7, 11) is 2.14. The highest BCUT2D eigenvalue weighted by Gasteiger charge is 2.31. The smallest absolute Gasteiger partial charge is 0.0762 e. The van der Waals surface area contributed by atoms with E-state index in [2.05, 4.69) is 40.9 Å². The molecule has 1 aliphatic rings. The molecule has 17 heavy (non-hydrogen) atoms. The van der Waals surface area contributed by atoms with Crippen LogP contribution in [-0.2, 0) is 0 Å². The van der Waals surface area contributed by atoms with Gasteiger partial charge in [-0.15, -0.1) is 0 Å². The predicted octanol–water partition coefficient (Wildman–Crippen LogP) is 3.74. The Balaban J connectivity index is 2.20. The van der Waals surface area contributed by atoms with Gasteiger partial charge in [-0.2, -0.15) is 0 Å². The molecule has 1 aliphatic carbocycles. The van der Waals surface area contributed by atoms with Crippen LogP contribution in [0.1, 0.15) is 38.4 Å². The Hall–Kier alpha value is -0.540. The van der Waals surface area contributed by atoms with Crippen LogP contribution in [-0.4, -0.2) is 18.2 Å². The van der Waals surface area contributed by atoms with Crippen molar-refractivity contribution in [3.63, 3.8) is 0 Å². The molecular weight excluding hydrogens is 278 g/mol. The zero-order valence-corrected chi connectivity index (χ0v) is 12.2. The summed E-state index contributed by atoms with van der Waals surface area (Å²) in [5, 5.41) is 9.55. The van der Waals surface area contributed by atoms with E-state index in [1.54, 1.807) is 6.92 Å². The number of halogens is 1. The molecule has 94 valence electrons. The van der Waals surface area contributed by atoms with Crippen molar-refractivity contribution in [2.45, 2.75) is 38.8 Å². The van der Waals surface area contributed by atoms with Gasteiger partial charge in [-0.25, -0.2) is 0 Å². The monoisotopic (exact) mass is 297 g/mol. The van der Waals surface area contributed by atoms with Crippen LogP contribution in [0.3, 0.4) is 0 Å². The third-order valence-electron chi connectivity index (χ3n) is 3.75. The minimum atomic E-state index is -0.411. The first kappa shape index (κ1) is 12.9. The lowest BCUT2D eigenvalue weighted by Gasteiger charge is -2.28. The molecule has 1 unspecified atom stereocenters. The van der Waals surface area contributed by atoms with Crippen molar-refractivity contribution >= 4 is 21.6 Å². The fourth-order valence-electron chi connectivity index (χ4n) is 2.18. The number of anilines is 1. The quantitative estimate of drug-likeness (QED) is 0.915. The number of hydrogen-bond acceptors (Lipinski definition) is 2. The predicted molar refractivity (Wildman–Crippen MR) is 75.4 cm³/mol. The largest absolute Gasteiger partial charge is 0.389 e. The van der Waals surface area contributed by atoms with Gasteiger partial charge in [0.15, 0.2) is 0 Å². The highest BCUT2D eigenvalue weighted by molar-refractivity contribution is 9.10. The number of aliphatic hydroxyl groups is 1. The first-order valence-electron chi connectivity index (χ1n) is 6.21. The SMILES string of the molecule is CC(C1CC1)N(C)c1ccc([C@H](C)O)cc1Br. The highest BCUT2D eigenvalue weighted by atomic mass is 79.9. The van der Waals surface area contributed by atoms with Gasteiger partial charge in [0.25, 0.3) is 0 Å². The standard InChI is InChI=1S/C14H20BrNO/c1-9(11-4-5-11)16(3)14-7-6-12(10(2)17)8-13(14)15/h6-11,17H,4-5H2,1-3H3/t9?,10-/m0/s1. The Morgan fingerprint density at radius 2 is 2.00 bits per heavy atom. The normalized spacial score (nSPS) is 18.9. The van der Waals surface area contributed by atoms with Crippen molar-refractivity contribution in [1.29, 1.82) is 0 Å². The number of aliphatic hydroxyl groups excluding tert-OH is 1. The molecule has 0 heterocycles. The molecule has 2 atom stereocenters. The lowest BCUT2D eigenvalue weighted by Crippen LogP contribution is -2.30. The topological polar surface area (TPSA) is 23.5 Å². The van der Waals surface area contributed by atoms with Crippen molar-refractivity contribution in [1.82, 2.24) is 0 Å². The van der Waals surface area contributed by atoms with Crippen LogP contribution in [0.5, 0.6) is 0 Å². The summed E-state index contributed by atoms with van der Waals surface area (Å²) in [6.07, 6.45) is 2.30. The van der Waals surface area contributed by atoms with Crippen LogP contribution in [0.4, 0.5) is 5.69 Å². The number of rotatable bonds is 4. The Bertz CT molecular complexity index is 401. The average Bonchev–Trinajstić information content (AvgIpc) is 3.10. The van der Waals surface area contributed by atoms with Crippen LogP contribution < -0.4 is 4.90 Å². The molecule has 1 aromatic rings. The van der Waals surface area contributed by atoms with E-state index in [1.165, 1.54) is 18.5 Å². The van der Waals surface area contributed by atoms with E-state index in [-0.39, 0.29) is 0 Å². The number of hydrogen-bond donors (Lipinski definition) is 1. The summed E-state index contributed by atoms with van der Waals surface area (Å²) in [4.78, 5) is 2.33. The summed E-state index contributed by atoms with van der Waals surface area (Å²) >= 11 is 3.60. The molecule has 0 spiro atoms. The van der Waals surface area contributed by atoms with Crippen molar-refractivity contribution in [2.75, 3.05) is 11.9 Å². The van der Waals surface area contributed by atoms with Gasteiger partial charge in [-0.05, 0) is 66.2 Å². The van der Waals surface area contributed by atoms with Crippen LogP contribution >= 0.6 is 15.9 Å². The first-order chi connectivity index (χ1) is 8.00. The van der Waals surface area contributed by atoms with E-state index in [0.29, 0.717) is 6.04 Å². The van der Waals surface area contributed by atoms with Crippen LogP contribution in [0, 0.1) is 5.92 Å². The van der Waals surface area contributed by atoms with Crippen LogP contribution in [0.25, 0.3) is 0 Å². The van der Waals surface area contributed by atoms with Gasteiger partial charge in [0.2, 0.25) is 0 Å². The summed E-state index contributed by atoms with van der Waals surface area (Å²) in [6, 6.07) is 6.69. The van der Waals surface area contributed by atoms with Crippen LogP contribution in [0.15, 0.2) is 22.7 Å². The molecule has 0 amide bonds. The molecule has 1 aromatic carbocycles. The van der Waals surface area contributed by atoms with Gasteiger partial charge in [0.1, 0.15) is 0 Å². The van der Waals surface area contributed by atoms with Gasteiger partial charge in [0, 0.05) is 17.6 Å². The number of benzene rings is 1. The second-order valence-corrected chi connectivity index (χ2v) is 5.93. The molecule has 0 aliphatic heterocycles. The van der Waals surface area contributed by atoms with E-state index < -0.39 is 6.10 Å². The van der Waals surface area contributed by atoms with E-state index in [0.717, 1.165) is 16.0 Å². The molecule has 1 N–H and O–H groups in total. The lowest BCUT2D eigenvalue weighted by molar-refractivity contribution is 0.199. The van der Waals surface area contributed by atoms with Gasteiger partial charge in [-0.1, -0.05) is 6.07 Å². The molecule has 3 heteroatoms. The molecule has 1 fully saturated rings. The molecule has 1 saturated carbocycles. The van der Waals surface area contributed by atoms with Crippen molar-refractivity contribution in [3.8, 4) is 0 Å². The summed E-state index contributed by atoms with van der Waals surface area (Å²) < 4.78 is 1.06. The second-order valence-electron chi connectivity index (χ2n) is 5.08. The maximum Gasteiger partial charge on any atom is 0.0762 e. The molecule has 0 bridgehead atoms. The highest BCUT2D eigenvalue weighted by Crippen LogP contribution is 2.38. The maximum absolute atomic E-state index is 9.55. The first-order valence-corrected chi connectivity index (χ1v) is 7.00. The Labute approximate surface area is 112 Å². The Morgan fingerprint density at radius 3 is 2.47 bits per heavy atom. The van der Waals surface area contributed by atoms with Crippen molar-refractivity contribution < 1.29 is 5.11 Å². The van der Waals surface area contributed by atoms with E-state index in [1.807, 2.05) is 12.1 Å². The Kier molecular flexibility index (Phi) is 3.79. The fourth-order valence-corrected chi connectivity index (χ4v) is 2.86. The minimum absolute atomic E-state index is 0.411. The zero-order chi connectivity index (χ0) is 12.6. The third kappa shape index (κ3) is 2.83. The maximum atomic E-state index is 9.55. The lowest BCUT2D eigenvalue weighted by atomic mass is 10.1. The summed E-state index contributed by atoms with van der Waals surface area (Å²) in [5.41, 5.74) is 2.15. The third-order valence-corrected chi connectivity index (χ3v) is 4.38. The summed E-state index contributed by atoms with van der Waals surface area (Å²) in [5.74, 6) is 0.850. The van der Waals surface area contributed by atoms with Gasteiger partial charge in [0.05, 0.1) is 11.8 Å². The van der Waals surface area contributed by atoms with Gasteiger partial charge < -0.3 is 10.0 Å². The zero-order valence-electron chi connectivity index (χ0n) is 10.7. The molecule has 0 saturated heterocycles. The van der Waals surface area contributed by atoms with Crippen molar-refractivity contribution in [2.24, 2.45) is 5.92 Å². The Morgan fingerprint density at radius 1 is 1.35 bits per heavy atom. The van der Waals surface area contributed by atoms with E-state index in [9.17, 15) is 5.11 Å². The van der Waals surface area contributed by atoms with E-state index in [4.69, 9.17) is 0 Å². The van der Waals surface area contributed by atoms with Crippen LogP contribution in [0.2, 0.25) is 0 Å². The van der Waals surface area contributed by atoms with Gasteiger partial charge >= 0.3 is 0 Å². The second kappa shape index (κ2) is 4.99. The van der Waals surface area contributed by atoms with Gasteiger partial charge in [-0.3, -0.25) is 0 Å². The number of nitrogens with zero attached hydrogens (tertiary/aromatic N) is 1. The molecule has 2 rings (SSSR count). The summed E-state index contributed by atoms with van der Waals surface area (Å²) in [6.45, 7) is 4.07. The molecule has 2 nitrogen and oxygen atoms in total. The van der Waals surface area contributed by atoms with Crippen molar-refractivity contribution in [3.05, 3.63) is 28.2 Å². The molecular formula is C14H20BrNO. The fraction of sp³-hybridized carbons (Fsp3) is 0.571.